The van der Waals surface area contributed by atoms with Crippen LogP contribution < -0.4 is 10.6 Å². The van der Waals surface area contributed by atoms with Gasteiger partial charge in [-0.1, -0.05) is 48.0 Å². The number of sulfonamides is 1. The number of ether oxygens (including phenoxy) is 1. The second-order valence-electron chi connectivity index (χ2n) is 6.76. The maximum Gasteiger partial charge on any atom is 0.323 e. The Hall–Kier alpha value is -2.65. The first-order chi connectivity index (χ1) is 14.4. The molecule has 1 heterocycles. The molecule has 0 saturated carbocycles. The number of fused-ring (bicyclic) bond motifs is 1. The summed E-state index contributed by atoms with van der Waals surface area (Å²) >= 11 is 6.20. The lowest BCUT2D eigenvalue weighted by Gasteiger charge is -2.26. The molecule has 0 bridgehead atoms. The van der Waals surface area contributed by atoms with Crippen molar-refractivity contribution < 1.29 is 17.9 Å². The van der Waals surface area contributed by atoms with Crippen LogP contribution >= 0.6 is 11.6 Å². The smallest absolute Gasteiger partial charge is 0.323 e. The van der Waals surface area contributed by atoms with Crippen LogP contribution in [0, 0.1) is 0 Å². The van der Waals surface area contributed by atoms with Gasteiger partial charge in [-0.05, 0) is 29.7 Å². The summed E-state index contributed by atoms with van der Waals surface area (Å²) in [6.45, 7) is 1.28. The third-order valence-electron chi connectivity index (χ3n) is 4.83. The molecule has 9 heteroatoms. The van der Waals surface area contributed by atoms with Crippen LogP contribution in [0.25, 0.3) is 10.8 Å². The molecule has 2 N–H and O–H groups in total. The van der Waals surface area contributed by atoms with Gasteiger partial charge in [0.15, 0.2) is 0 Å². The zero-order valence-corrected chi connectivity index (χ0v) is 17.5. The number of amides is 2. The van der Waals surface area contributed by atoms with Gasteiger partial charge in [-0.15, -0.1) is 0 Å². The van der Waals surface area contributed by atoms with Crippen molar-refractivity contribution in [1.82, 2.24) is 4.31 Å². The maximum absolute atomic E-state index is 12.9. The molecule has 1 aliphatic heterocycles. The van der Waals surface area contributed by atoms with Gasteiger partial charge in [-0.2, -0.15) is 4.31 Å². The highest BCUT2D eigenvalue weighted by molar-refractivity contribution is 7.89. The second kappa shape index (κ2) is 8.61. The predicted molar refractivity (Wildman–Crippen MR) is 118 cm³/mol. The van der Waals surface area contributed by atoms with E-state index in [4.69, 9.17) is 16.3 Å². The summed E-state index contributed by atoms with van der Waals surface area (Å²) < 4.78 is 32.3. The summed E-state index contributed by atoms with van der Waals surface area (Å²) in [7, 11) is -3.70. The van der Waals surface area contributed by atoms with Crippen molar-refractivity contribution in [2.45, 2.75) is 4.90 Å². The Labute approximate surface area is 179 Å². The Bertz CT molecular complexity index is 1190. The van der Waals surface area contributed by atoms with Gasteiger partial charge in [-0.3, -0.25) is 0 Å². The summed E-state index contributed by atoms with van der Waals surface area (Å²) in [6.07, 6.45) is 0. The molecule has 0 atom stereocenters. The number of hydrogen-bond acceptors (Lipinski definition) is 4. The van der Waals surface area contributed by atoms with Gasteiger partial charge in [0.05, 0.1) is 34.5 Å². The zero-order valence-electron chi connectivity index (χ0n) is 16.0. The van der Waals surface area contributed by atoms with E-state index in [1.807, 2.05) is 36.4 Å². The molecule has 0 aliphatic carbocycles. The van der Waals surface area contributed by atoms with Crippen LogP contribution in [-0.2, 0) is 14.8 Å². The van der Waals surface area contributed by atoms with Crippen LogP contribution in [0.3, 0.4) is 0 Å². The van der Waals surface area contributed by atoms with Gasteiger partial charge in [0, 0.05) is 18.5 Å². The summed E-state index contributed by atoms with van der Waals surface area (Å²) in [5.74, 6) is 0. The number of halogens is 1. The predicted octanol–water partition coefficient (Wildman–Crippen LogP) is 4.16. The lowest BCUT2D eigenvalue weighted by atomic mass is 10.1. The zero-order chi connectivity index (χ0) is 21.1. The number of urea groups is 1. The van der Waals surface area contributed by atoms with Gasteiger partial charge in [-0.25, -0.2) is 13.2 Å². The highest BCUT2D eigenvalue weighted by atomic mass is 35.5. The summed E-state index contributed by atoms with van der Waals surface area (Å²) in [5.41, 5.74) is 0.850. The summed E-state index contributed by atoms with van der Waals surface area (Å²) in [5, 5.41) is 7.57. The van der Waals surface area contributed by atoms with Crippen molar-refractivity contribution in [2.24, 2.45) is 0 Å². The SMILES string of the molecule is O=C(Nc1cc(S(=O)(=O)N2CCOCC2)ccc1Cl)Nc1cccc2ccccc12. The molecule has 1 saturated heterocycles. The number of nitrogens with zero attached hydrogens (tertiary/aromatic N) is 1. The van der Waals surface area contributed by atoms with Crippen LogP contribution in [-0.4, -0.2) is 45.1 Å². The van der Waals surface area contributed by atoms with Crippen LogP contribution in [0.15, 0.2) is 65.6 Å². The summed E-state index contributed by atoms with van der Waals surface area (Å²) in [6, 6.07) is 17.0. The Morgan fingerprint density at radius 2 is 1.63 bits per heavy atom. The van der Waals surface area contributed by atoms with Gasteiger partial charge >= 0.3 is 6.03 Å². The molecule has 2 amide bonds. The van der Waals surface area contributed by atoms with Gasteiger partial charge < -0.3 is 15.4 Å². The minimum Gasteiger partial charge on any atom is -0.379 e. The van der Waals surface area contributed by atoms with E-state index in [2.05, 4.69) is 10.6 Å². The highest BCUT2D eigenvalue weighted by Crippen LogP contribution is 2.28. The molecular weight excluding hydrogens is 426 g/mol. The third-order valence-corrected chi connectivity index (χ3v) is 7.06. The Balaban J connectivity index is 1.55. The molecule has 1 fully saturated rings. The number of carbonyl (C=O) groups excluding carboxylic acids is 1. The van der Waals surface area contributed by atoms with E-state index < -0.39 is 16.1 Å². The first-order valence-corrected chi connectivity index (χ1v) is 11.2. The molecule has 3 aromatic carbocycles. The van der Waals surface area contributed by atoms with Crippen molar-refractivity contribution in [1.29, 1.82) is 0 Å². The summed E-state index contributed by atoms with van der Waals surface area (Å²) in [4.78, 5) is 12.6. The highest BCUT2D eigenvalue weighted by Gasteiger charge is 2.27. The lowest BCUT2D eigenvalue weighted by molar-refractivity contribution is 0.0730. The van der Waals surface area contributed by atoms with E-state index >= 15 is 0 Å². The van der Waals surface area contributed by atoms with E-state index in [1.54, 1.807) is 6.07 Å². The Morgan fingerprint density at radius 3 is 2.43 bits per heavy atom. The number of nitrogens with one attached hydrogen (secondary N) is 2. The van der Waals surface area contributed by atoms with Crippen LogP contribution in [0.2, 0.25) is 5.02 Å². The van der Waals surface area contributed by atoms with E-state index in [0.717, 1.165) is 10.8 Å². The van der Waals surface area contributed by atoms with E-state index in [0.29, 0.717) is 18.9 Å². The molecule has 4 rings (SSSR count). The fourth-order valence-electron chi connectivity index (χ4n) is 3.31. The van der Waals surface area contributed by atoms with Crippen molar-refractivity contribution >= 4 is 49.8 Å². The van der Waals surface area contributed by atoms with Crippen LogP contribution in [0.1, 0.15) is 0 Å². The number of benzene rings is 3. The molecule has 0 spiro atoms. The topological polar surface area (TPSA) is 87.7 Å². The fraction of sp³-hybridized carbons (Fsp3) is 0.190. The number of hydrogen-bond donors (Lipinski definition) is 2. The molecule has 30 heavy (non-hydrogen) atoms. The normalized spacial score (nSPS) is 15.1. The van der Waals surface area contributed by atoms with E-state index in [9.17, 15) is 13.2 Å². The third kappa shape index (κ3) is 4.27. The standard InChI is InChI=1S/C21H20ClN3O4S/c22-18-9-8-16(30(27,28)25-10-12-29-13-11-25)14-20(18)24-21(26)23-19-7-3-5-15-4-1-2-6-17(15)19/h1-9,14H,10-13H2,(H2,23,24,26). The number of anilines is 2. The van der Waals surface area contributed by atoms with E-state index in [1.165, 1.54) is 22.5 Å². The largest absolute Gasteiger partial charge is 0.379 e. The van der Waals surface area contributed by atoms with Gasteiger partial charge in [0.25, 0.3) is 0 Å². The Morgan fingerprint density at radius 1 is 0.933 bits per heavy atom. The Kier molecular flexibility index (Phi) is 5.92. The van der Waals surface area contributed by atoms with E-state index in [-0.39, 0.29) is 28.7 Å². The van der Waals surface area contributed by atoms with Crippen LogP contribution in [0.4, 0.5) is 16.2 Å². The molecule has 1 aliphatic rings. The van der Waals surface area contributed by atoms with Gasteiger partial charge in [0.1, 0.15) is 0 Å². The van der Waals surface area contributed by atoms with Crippen molar-refractivity contribution in [3.05, 3.63) is 65.7 Å². The quantitative estimate of drug-likeness (QED) is 0.631. The number of carbonyl (C=O) groups is 1. The molecule has 156 valence electrons. The molecule has 7 nitrogen and oxygen atoms in total. The first-order valence-electron chi connectivity index (χ1n) is 9.38. The van der Waals surface area contributed by atoms with Crippen molar-refractivity contribution in [2.75, 3.05) is 36.9 Å². The molecule has 0 radical (unpaired) electrons. The molecule has 0 aromatic heterocycles. The molecular formula is C21H20ClN3O4S. The van der Waals surface area contributed by atoms with Crippen LogP contribution in [0.5, 0.6) is 0 Å². The van der Waals surface area contributed by atoms with Crippen molar-refractivity contribution in [3.8, 4) is 0 Å². The maximum atomic E-state index is 12.9. The second-order valence-corrected chi connectivity index (χ2v) is 9.11. The minimum atomic E-state index is -3.70. The van der Waals surface area contributed by atoms with Crippen molar-refractivity contribution in [3.63, 3.8) is 0 Å². The monoisotopic (exact) mass is 445 g/mol. The fourth-order valence-corrected chi connectivity index (χ4v) is 4.91. The number of rotatable bonds is 4. The molecule has 0 unspecified atom stereocenters. The average Bonchev–Trinajstić information content (AvgIpc) is 2.76. The van der Waals surface area contributed by atoms with Gasteiger partial charge in [0.2, 0.25) is 10.0 Å². The first kappa shape index (κ1) is 20.6. The average molecular weight is 446 g/mol. The minimum absolute atomic E-state index is 0.0641. The lowest BCUT2D eigenvalue weighted by Crippen LogP contribution is -2.40. The molecule has 3 aromatic rings. The number of morpholine rings is 1.